The van der Waals surface area contributed by atoms with Crippen LogP contribution in [0.25, 0.3) is 16.7 Å². The Morgan fingerprint density at radius 2 is 2.06 bits per heavy atom. The van der Waals surface area contributed by atoms with E-state index in [1.54, 1.807) is 3.96 Å². The number of hydrogen-bond donors (Lipinski definition) is 1. The summed E-state index contributed by atoms with van der Waals surface area (Å²) in [7, 11) is 0. The minimum atomic E-state index is -0.110. The average molecular weight is 251 g/mol. The minimum Gasteiger partial charge on any atom is -0.340 e. The molecule has 1 aromatic carbocycles. The molecule has 0 fully saturated rings. The lowest BCUT2D eigenvalue weighted by Gasteiger charge is -1.93. The average Bonchev–Trinajstić information content (AvgIpc) is 2.81. The van der Waals surface area contributed by atoms with Crippen molar-refractivity contribution >= 4 is 34.0 Å². The molecule has 16 heavy (non-hydrogen) atoms. The van der Waals surface area contributed by atoms with Crippen molar-refractivity contribution in [2.75, 3.05) is 0 Å². The molecule has 0 aliphatic rings. The van der Waals surface area contributed by atoms with Crippen LogP contribution < -0.4 is 5.56 Å². The lowest BCUT2D eigenvalue weighted by Crippen LogP contribution is -2.09. The summed E-state index contributed by atoms with van der Waals surface area (Å²) in [5.74, 6) is 0.753. The highest BCUT2D eigenvalue weighted by molar-refractivity contribution is 7.11. The Labute approximate surface area is 100 Å². The van der Waals surface area contributed by atoms with Crippen LogP contribution in [-0.2, 0) is 0 Å². The van der Waals surface area contributed by atoms with Gasteiger partial charge in [-0.2, -0.15) is 0 Å². The Morgan fingerprint density at radius 1 is 1.25 bits per heavy atom. The lowest BCUT2D eigenvalue weighted by molar-refractivity contribution is 1.08. The van der Waals surface area contributed by atoms with Gasteiger partial charge < -0.3 is 4.98 Å². The molecule has 3 rings (SSSR count). The highest BCUT2D eigenvalue weighted by Gasteiger charge is 2.07. The minimum absolute atomic E-state index is 0.110. The molecular formula is C11H7ClN2OS. The van der Waals surface area contributed by atoms with Crippen molar-refractivity contribution in [2.24, 2.45) is 0 Å². The third-order valence-corrected chi connectivity index (χ3v) is 3.52. The molecule has 0 bridgehead atoms. The van der Waals surface area contributed by atoms with E-state index in [1.807, 2.05) is 30.3 Å². The second kappa shape index (κ2) is 3.50. The number of nitrogens with zero attached hydrogens (tertiary/aromatic N) is 1. The van der Waals surface area contributed by atoms with E-state index in [9.17, 15) is 4.79 Å². The van der Waals surface area contributed by atoms with Crippen molar-refractivity contribution in [3.05, 3.63) is 51.1 Å². The molecule has 0 saturated carbocycles. The fourth-order valence-corrected chi connectivity index (χ4v) is 2.62. The van der Waals surface area contributed by atoms with Gasteiger partial charge in [0.15, 0.2) is 0 Å². The highest BCUT2D eigenvalue weighted by Crippen LogP contribution is 2.20. The van der Waals surface area contributed by atoms with Crippen LogP contribution in [0.5, 0.6) is 0 Å². The summed E-state index contributed by atoms with van der Waals surface area (Å²) in [6.45, 7) is 0. The van der Waals surface area contributed by atoms with Crippen LogP contribution in [0.3, 0.4) is 0 Å². The number of rotatable bonds is 1. The number of H-pyrrole nitrogens is 1. The predicted octanol–water partition coefficient (Wildman–Crippen LogP) is 3.03. The highest BCUT2D eigenvalue weighted by atomic mass is 35.5. The molecule has 0 saturated heterocycles. The Balaban J connectivity index is 2.26. The Kier molecular flexibility index (Phi) is 2.12. The monoisotopic (exact) mass is 250 g/mol. The molecule has 0 radical (unpaired) electrons. The second-order valence-electron chi connectivity index (χ2n) is 3.41. The fraction of sp³-hybridized carbons (Fsp3) is 0. The summed E-state index contributed by atoms with van der Waals surface area (Å²) in [6.07, 6.45) is 0. The topological polar surface area (TPSA) is 37.8 Å². The van der Waals surface area contributed by atoms with Gasteiger partial charge in [0.1, 0.15) is 10.2 Å². The van der Waals surface area contributed by atoms with E-state index in [1.165, 1.54) is 17.6 Å². The number of hydrogen-bond acceptors (Lipinski definition) is 2. The smallest absolute Gasteiger partial charge is 0.268 e. The van der Waals surface area contributed by atoms with Crippen LogP contribution in [0, 0.1) is 0 Å². The maximum atomic E-state index is 11.6. The molecule has 0 spiro atoms. The summed E-state index contributed by atoms with van der Waals surface area (Å²) in [6, 6.07) is 11.2. The van der Waals surface area contributed by atoms with Crippen molar-refractivity contribution in [3.63, 3.8) is 0 Å². The van der Waals surface area contributed by atoms with Crippen molar-refractivity contribution in [1.29, 1.82) is 0 Å². The summed E-state index contributed by atoms with van der Waals surface area (Å²) in [5, 5.41) is 1.08. The molecule has 5 heteroatoms. The molecule has 2 aromatic heterocycles. The first kappa shape index (κ1) is 9.69. The summed E-state index contributed by atoms with van der Waals surface area (Å²) >= 11 is 7.02. The summed E-state index contributed by atoms with van der Waals surface area (Å²) in [5.41, 5.74) is 0.899. The Bertz CT molecular complexity index is 677. The zero-order chi connectivity index (χ0) is 11.1. The van der Waals surface area contributed by atoms with Crippen LogP contribution in [0.1, 0.15) is 0 Å². The van der Waals surface area contributed by atoms with Gasteiger partial charge in [0, 0.05) is 17.0 Å². The second-order valence-corrected chi connectivity index (χ2v) is 5.03. The molecule has 3 nitrogen and oxygen atoms in total. The van der Waals surface area contributed by atoms with E-state index < -0.39 is 0 Å². The van der Waals surface area contributed by atoms with Gasteiger partial charge in [0.05, 0.1) is 0 Å². The standard InChI is InChI=1S/C11H7ClN2OS/c12-9-6-11(15)14(16-9)10-5-7-3-1-2-4-8(7)13-10/h1-6,13H. The van der Waals surface area contributed by atoms with Crippen LogP contribution in [-0.4, -0.2) is 8.94 Å². The number of benzene rings is 1. The number of fused-ring (bicyclic) bond motifs is 1. The fourth-order valence-electron chi connectivity index (χ4n) is 1.65. The van der Waals surface area contributed by atoms with Crippen LogP contribution >= 0.6 is 23.1 Å². The normalized spacial score (nSPS) is 11.1. The van der Waals surface area contributed by atoms with Gasteiger partial charge in [0.25, 0.3) is 5.56 Å². The van der Waals surface area contributed by atoms with Gasteiger partial charge in [0.2, 0.25) is 0 Å². The van der Waals surface area contributed by atoms with Crippen molar-refractivity contribution < 1.29 is 0 Å². The zero-order valence-electron chi connectivity index (χ0n) is 8.11. The number of halogens is 1. The van der Waals surface area contributed by atoms with E-state index in [0.29, 0.717) is 4.34 Å². The van der Waals surface area contributed by atoms with Crippen LogP contribution in [0.15, 0.2) is 41.2 Å². The molecule has 2 heterocycles. The molecule has 0 aliphatic heterocycles. The number of nitrogens with one attached hydrogen (secondary N) is 1. The van der Waals surface area contributed by atoms with Crippen LogP contribution in [0.2, 0.25) is 4.34 Å². The van der Waals surface area contributed by atoms with E-state index in [2.05, 4.69) is 4.98 Å². The van der Waals surface area contributed by atoms with Gasteiger partial charge >= 0.3 is 0 Å². The molecule has 80 valence electrons. The zero-order valence-corrected chi connectivity index (χ0v) is 9.68. The number of aromatic amines is 1. The predicted molar refractivity (Wildman–Crippen MR) is 66.8 cm³/mol. The van der Waals surface area contributed by atoms with E-state index in [4.69, 9.17) is 11.6 Å². The van der Waals surface area contributed by atoms with Crippen molar-refractivity contribution in [2.45, 2.75) is 0 Å². The Morgan fingerprint density at radius 3 is 2.75 bits per heavy atom. The third-order valence-electron chi connectivity index (χ3n) is 2.35. The van der Waals surface area contributed by atoms with Gasteiger partial charge in [-0.25, -0.2) is 3.96 Å². The largest absolute Gasteiger partial charge is 0.340 e. The first-order valence-electron chi connectivity index (χ1n) is 4.71. The van der Waals surface area contributed by atoms with Gasteiger partial charge in [-0.3, -0.25) is 4.79 Å². The summed E-state index contributed by atoms with van der Waals surface area (Å²) in [4.78, 5) is 14.8. The van der Waals surface area contributed by atoms with E-state index in [-0.39, 0.29) is 5.56 Å². The molecule has 0 unspecified atom stereocenters. The lowest BCUT2D eigenvalue weighted by atomic mass is 10.2. The van der Waals surface area contributed by atoms with Gasteiger partial charge in [-0.1, -0.05) is 29.8 Å². The molecule has 0 atom stereocenters. The first-order chi connectivity index (χ1) is 7.74. The molecule has 0 amide bonds. The van der Waals surface area contributed by atoms with Crippen LogP contribution in [0.4, 0.5) is 0 Å². The summed E-state index contributed by atoms with van der Waals surface area (Å²) < 4.78 is 2.03. The van der Waals surface area contributed by atoms with E-state index >= 15 is 0 Å². The SMILES string of the molecule is O=c1cc(Cl)sn1-c1cc2ccccc2[nH]1. The Hall–Kier alpha value is -1.52. The molecule has 0 aliphatic carbocycles. The van der Waals surface area contributed by atoms with Crippen molar-refractivity contribution in [3.8, 4) is 5.82 Å². The quantitative estimate of drug-likeness (QED) is 0.708. The van der Waals surface area contributed by atoms with Gasteiger partial charge in [-0.15, -0.1) is 0 Å². The maximum absolute atomic E-state index is 11.6. The molecule has 1 N–H and O–H groups in total. The molecule has 3 aromatic rings. The first-order valence-corrected chi connectivity index (χ1v) is 5.86. The number of para-hydroxylation sites is 1. The third kappa shape index (κ3) is 1.47. The maximum Gasteiger partial charge on any atom is 0.268 e. The van der Waals surface area contributed by atoms with E-state index in [0.717, 1.165) is 16.7 Å². The molecular weight excluding hydrogens is 244 g/mol. The van der Waals surface area contributed by atoms with Crippen molar-refractivity contribution in [1.82, 2.24) is 8.94 Å². The number of aromatic nitrogens is 2. The van der Waals surface area contributed by atoms with Gasteiger partial charge in [-0.05, 0) is 23.7 Å².